The van der Waals surface area contributed by atoms with E-state index in [9.17, 15) is 0 Å². The molecule has 0 bridgehead atoms. The first-order valence-corrected chi connectivity index (χ1v) is 7.99. The molecule has 4 heteroatoms. The maximum absolute atomic E-state index is 5.94. The van der Waals surface area contributed by atoms with Gasteiger partial charge in [-0.3, -0.25) is 0 Å². The van der Waals surface area contributed by atoms with Gasteiger partial charge in [-0.15, -0.1) is 0 Å². The number of hydrogen-bond donors (Lipinski definition) is 0. The Kier molecular flexibility index (Phi) is 2.20. The first-order valence-electron chi connectivity index (χ1n) is 5.77. The highest BCUT2D eigenvalue weighted by atomic mass is 28.4. The highest BCUT2D eigenvalue weighted by Gasteiger charge is 2.48. The maximum Gasteiger partial charge on any atom is 0.498 e. The van der Waals surface area contributed by atoms with E-state index in [0.717, 1.165) is 0 Å². The fraction of sp³-hybridized carbons (Fsp3) is 1.00. The van der Waals surface area contributed by atoms with E-state index in [1.54, 1.807) is 0 Å². The van der Waals surface area contributed by atoms with Crippen LogP contribution in [0.4, 0.5) is 0 Å². The molecule has 3 rings (SSSR count). The van der Waals surface area contributed by atoms with Gasteiger partial charge in [0.1, 0.15) is 0 Å². The Labute approximate surface area is 86.1 Å². The van der Waals surface area contributed by atoms with E-state index >= 15 is 0 Å². The highest BCUT2D eigenvalue weighted by molar-refractivity contribution is 6.59. The number of rotatable bonds is 6. The Morgan fingerprint density at radius 1 is 0.714 bits per heavy atom. The molecule has 0 heterocycles. The summed E-state index contributed by atoms with van der Waals surface area (Å²) in [5.74, 6) is 0. The molecule has 0 amide bonds. The topological polar surface area (TPSA) is 27.7 Å². The average Bonchev–Trinajstić information content (AvgIpc) is 2.90. The van der Waals surface area contributed by atoms with Gasteiger partial charge in [-0.25, -0.2) is 0 Å². The molecule has 0 atom stereocenters. The summed E-state index contributed by atoms with van der Waals surface area (Å²) in [6.45, 7) is 2.07. The lowest BCUT2D eigenvalue weighted by Gasteiger charge is -2.26. The van der Waals surface area contributed by atoms with E-state index in [2.05, 4.69) is 6.55 Å². The van der Waals surface area contributed by atoms with Gasteiger partial charge in [0.2, 0.25) is 0 Å². The molecule has 0 spiro atoms. The summed E-state index contributed by atoms with van der Waals surface area (Å²) < 4.78 is 17.8. The quantitative estimate of drug-likeness (QED) is 0.634. The van der Waals surface area contributed by atoms with E-state index in [4.69, 9.17) is 13.3 Å². The molecule has 0 aromatic carbocycles. The van der Waals surface area contributed by atoms with E-state index in [0.29, 0.717) is 18.3 Å². The first kappa shape index (κ1) is 9.33. The second-order valence-corrected chi connectivity index (χ2v) is 7.25. The van der Waals surface area contributed by atoms with Crippen LogP contribution in [0.3, 0.4) is 0 Å². The Hall–Kier alpha value is 0.0969. The lowest BCUT2D eigenvalue weighted by atomic mass is 10.9. The van der Waals surface area contributed by atoms with Gasteiger partial charge in [-0.2, -0.15) is 0 Å². The lowest BCUT2D eigenvalue weighted by Crippen LogP contribution is -2.44. The van der Waals surface area contributed by atoms with Crippen molar-refractivity contribution < 1.29 is 13.3 Å². The van der Waals surface area contributed by atoms with Gasteiger partial charge in [0.05, 0.1) is 0 Å². The summed E-state index contributed by atoms with van der Waals surface area (Å²) in [6.07, 6.45) is 8.54. The third-order valence-electron chi connectivity index (χ3n) is 2.72. The zero-order chi connectivity index (χ0) is 9.60. The molecule has 0 aromatic rings. The molecule has 0 radical (unpaired) electrons. The van der Waals surface area contributed by atoms with Crippen LogP contribution >= 0.6 is 0 Å². The summed E-state index contributed by atoms with van der Waals surface area (Å²) in [5.41, 5.74) is 0. The Bertz CT molecular complexity index is 185. The predicted molar refractivity (Wildman–Crippen MR) is 53.9 cm³/mol. The lowest BCUT2D eigenvalue weighted by molar-refractivity contribution is 0.0488. The minimum Gasteiger partial charge on any atom is -0.371 e. The molecule has 0 aliphatic heterocycles. The van der Waals surface area contributed by atoms with Crippen LogP contribution < -0.4 is 0 Å². The van der Waals surface area contributed by atoms with Crippen molar-refractivity contribution in [1.82, 2.24) is 0 Å². The van der Waals surface area contributed by atoms with Crippen molar-refractivity contribution in [3.05, 3.63) is 0 Å². The fourth-order valence-electron chi connectivity index (χ4n) is 1.55. The molecule has 3 saturated carbocycles. The average molecular weight is 214 g/mol. The van der Waals surface area contributed by atoms with Gasteiger partial charge in [0, 0.05) is 24.9 Å². The van der Waals surface area contributed by atoms with Crippen molar-refractivity contribution in [2.75, 3.05) is 0 Å². The van der Waals surface area contributed by atoms with Gasteiger partial charge in [0.15, 0.2) is 0 Å². The van der Waals surface area contributed by atoms with Crippen molar-refractivity contribution in [2.24, 2.45) is 0 Å². The fourth-order valence-corrected chi connectivity index (χ4v) is 4.24. The number of hydrogen-bond acceptors (Lipinski definition) is 3. The standard InChI is InChI=1S/C10H18O3Si/c1-14(11-8-2-3-8,12-9-4-5-9)13-10-6-7-10/h8-10H,2-7H2,1H3. The second kappa shape index (κ2) is 3.30. The molecule has 0 unspecified atom stereocenters. The minimum absolute atomic E-state index is 0.448. The zero-order valence-corrected chi connectivity index (χ0v) is 9.70. The van der Waals surface area contributed by atoms with Crippen LogP contribution in [0, 0.1) is 0 Å². The highest BCUT2D eigenvalue weighted by Crippen LogP contribution is 2.37. The van der Waals surface area contributed by atoms with E-state index in [1.165, 1.54) is 38.5 Å². The van der Waals surface area contributed by atoms with Crippen molar-refractivity contribution in [3.8, 4) is 0 Å². The minimum atomic E-state index is -2.25. The van der Waals surface area contributed by atoms with E-state index in [1.807, 2.05) is 0 Å². The van der Waals surface area contributed by atoms with Crippen LogP contribution in [0.2, 0.25) is 6.55 Å². The Morgan fingerprint density at radius 2 is 1.00 bits per heavy atom. The Morgan fingerprint density at radius 3 is 1.21 bits per heavy atom. The molecule has 3 aliphatic carbocycles. The molecule has 0 N–H and O–H groups in total. The van der Waals surface area contributed by atoms with E-state index in [-0.39, 0.29) is 0 Å². The normalized spacial score (nSPS) is 28.1. The molecule has 3 nitrogen and oxygen atoms in total. The molecule has 3 fully saturated rings. The van der Waals surface area contributed by atoms with Crippen molar-refractivity contribution in [1.29, 1.82) is 0 Å². The summed E-state index contributed by atoms with van der Waals surface area (Å²) in [6, 6.07) is 0. The van der Waals surface area contributed by atoms with Crippen molar-refractivity contribution in [3.63, 3.8) is 0 Å². The van der Waals surface area contributed by atoms with Crippen molar-refractivity contribution in [2.45, 2.75) is 63.4 Å². The molecule has 14 heavy (non-hydrogen) atoms. The van der Waals surface area contributed by atoms with Crippen LogP contribution in [-0.4, -0.2) is 27.1 Å². The summed E-state index contributed by atoms with van der Waals surface area (Å²) >= 11 is 0. The summed E-state index contributed by atoms with van der Waals surface area (Å²) in [5, 5.41) is 0. The van der Waals surface area contributed by atoms with Crippen LogP contribution in [0.5, 0.6) is 0 Å². The van der Waals surface area contributed by atoms with Crippen LogP contribution in [-0.2, 0) is 13.3 Å². The van der Waals surface area contributed by atoms with Gasteiger partial charge >= 0.3 is 8.80 Å². The van der Waals surface area contributed by atoms with Gasteiger partial charge < -0.3 is 13.3 Å². The van der Waals surface area contributed by atoms with E-state index < -0.39 is 8.80 Å². The summed E-state index contributed by atoms with van der Waals surface area (Å²) in [7, 11) is -2.25. The molecule has 0 saturated heterocycles. The molecular formula is C10H18O3Si. The third-order valence-corrected chi connectivity index (χ3v) is 5.00. The summed E-state index contributed by atoms with van der Waals surface area (Å²) in [4.78, 5) is 0. The van der Waals surface area contributed by atoms with Gasteiger partial charge in [-0.1, -0.05) is 0 Å². The van der Waals surface area contributed by atoms with Crippen molar-refractivity contribution >= 4 is 8.80 Å². The first-order chi connectivity index (χ1) is 6.73. The zero-order valence-electron chi connectivity index (χ0n) is 8.70. The second-order valence-electron chi connectivity index (χ2n) is 4.81. The third kappa shape index (κ3) is 2.57. The molecule has 3 aliphatic rings. The smallest absolute Gasteiger partial charge is 0.371 e. The van der Waals surface area contributed by atoms with Crippen LogP contribution in [0.25, 0.3) is 0 Å². The largest absolute Gasteiger partial charge is 0.498 e. The maximum atomic E-state index is 5.94. The molecule has 80 valence electrons. The van der Waals surface area contributed by atoms with Crippen LogP contribution in [0.1, 0.15) is 38.5 Å². The molecule has 0 aromatic heterocycles. The Balaban J connectivity index is 1.56. The van der Waals surface area contributed by atoms with Gasteiger partial charge in [0.25, 0.3) is 0 Å². The SMILES string of the molecule is C[Si](OC1CC1)(OC1CC1)OC1CC1. The van der Waals surface area contributed by atoms with Crippen LogP contribution in [0.15, 0.2) is 0 Å². The predicted octanol–water partition coefficient (Wildman–Crippen LogP) is 2.09. The molecular weight excluding hydrogens is 196 g/mol. The van der Waals surface area contributed by atoms with Gasteiger partial charge in [-0.05, 0) is 38.5 Å². The monoisotopic (exact) mass is 214 g/mol.